The topological polar surface area (TPSA) is 41.6 Å². The van der Waals surface area contributed by atoms with Crippen LogP contribution in [0.5, 0.6) is 0 Å². The van der Waals surface area contributed by atoms with Crippen LogP contribution >= 0.6 is 0 Å². The molecule has 2 unspecified atom stereocenters. The molecule has 3 rings (SSSR count). The van der Waals surface area contributed by atoms with Crippen molar-refractivity contribution < 1.29 is 9.63 Å². The zero-order valence-corrected chi connectivity index (χ0v) is 9.65. The number of hydrogen-bond donors (Lipinski definition) is 1. The summed E-state index contributed by atoms with van der Waals surface area (Å²) in [7, 11) is 0. The molecule has 0 radical (unpaired) electrons. The molecule has 1 N–H and O–H groups in total. The number of nitrogens with zero attached hydrogens (tertiary/aromatic N) is 1. The van der Waals surface area contributed by atoms with E-state index in [4.69, 9.17) is 4.84 Å². The van der Waals surface area contributed by atoms with Crippen molar-refractivity contribution in [1.82, 2.24) is 10.4 Å². The lowest BCUT2D eigenvalue weighted by Gasteiger charge is -2.29. The molecule has 0 spiro atoms. The van der Waals surface area contributed by atoms with Crippen molar-refractivity contribution in [1.29, 1.82) is 0 Å². The molecule has 3 aliphatic rings. The maximum absolute atomic E-state index is 11.9. The molecule has 0 aromatic heterocycles. The number of nitrogens with one attached hydrogen (secondary N) is 1. The van der Waals surface area contributed by atoms with Gasteiger partial charge in [0.2, 0.25) is 5.91 Å². The number of piperidine rings is 1. The lowest BCUT2D eigenvalue weighted by atomic mass is 9.89. The highest BCUT2D eigenvalue weighted by Crippen LogP contribution is 2.33. The van der Waals surface area contributed by atoms with Crippen LogP contribution in [0, 0.1) is 5.92 Å². The second-order valence-corrected chi connectivity index (χ2v) is 5.36. The lowest BCUT2D eigenvalue weighted by Crippen LogP contribution is -2.40. The van der Waals surface area contributed by atoms with Gasteiger partial charge in [-0.25, -0.2) is 5.06 Å². The molecular weight excluding hydrogens is 204 g/mol. The average molecular weight is 224 g/mol. The highest BCUT2D eigenvalue weighted by atomic mass is 16.7. The molecule has 3 fully saturated rings. The third kappa shape index (κ3) is 2.09. The van der Waals surface area contributed by atoms with Gasteiger partial charge in [0, 0.05) is 18.5 Å². The van der Waals surface area contributed by atoms with Crippen molar-refractivity contribution in [2.75, 3.05) is 13.2 Å². The van der Waals surface area contributed by atoms with Gasteiger partial charge in [-0.15, -0.1) is 0 Å². The predicted octanol–water partition coefficient (Wildman–Crippen LogP) is 1.07. The largest absolute Gasteiger partial charge is 0.311 e. The summed E-state index contributed by atoms with van der Waals surface area (Å²) in [5.74, 6) is 0.777. The molecule has 1 amide bonds. The van der Waals surface area contributed by atoms with Crippen molar-refractivity contribution in [2.24, 2.45) is 5.92 Å². The van der Waals surface area contributed by atoms with Gasteiger partial charge in [0.1, 0.15) is 0 Å². The van der Waals surface area contributed by atoms with E-state index in [9.17, 15) is 4.79 Å². The molecule has 3 heterocycles. The molecule has 16 heavy (non-hydrogen) atoms. The van der Waals surface area contributed by atoms with Crippen LogP contribution in [0.2, 0.25) is 0 Å². The van der Waals surface area contributed by atoms with Gasteiger partial charge in [-0.3, -0.25) is 9.63 Å². The van der Waals surface area contributed by atoms with Gasteiger partial charge < -0.3 is 5.32 Å². The highest BCUT2D eigenvalue weighted by molar-refractivity contribution is 5.75. The maximum atomic E-state index is 11.9. The molecule has 2 atom stereocenters. The Balaban J connectivity index is 1.52. The van der Waals surface area contributed by atoms with E-state index >= 15 is 0 Å². The minimum Gasteiger partial charge on any atom is -0.311 e. The SMILES string of the molecule is O=C(CC1CC2CCC(C1)N2)N1CCCO1. The third-order valence-electron chi connectivity index (χ3n) is 4.06. The number of fused-ring (bicyclic) bond motifs is 2. The molecular formula is C12H20N2O2. The van der Waals surface area contributed by atoms with Crippen molar-refractivity contribution in [3.05, 3.63) is 0 Å². The van der Waals surface area contributed by atoms with E-state index in [1.807, 2.05) is 0 Å². The molecule has 3 saturated heterocycles. The Morgan fingerprint density at radius 1 is 1.31 bits per heavy atom. The monoisotopic (exact) mass is 224 g/mol. The van der Waals surface area contributed by atoms with Crippen molar-refractivity contribution in [3.63, 3.8) is 0 Å². The Hall–Kier alpha value is -0.610. The van der Waals surface area contributed by atoms with Gasteiger partial charge in [-0.1, -0.05) is 0 Å². The molecule has 2 bridgehead atoms. The summed E-state index contributed by atoms with van der Waals surface area (Å²) in [5.41, 5.74) is 0. The van der Waals surface area contributed by atoms with Crippen LogP contribution in [-0.4, -0.2) is 36.2 Å². The Morgan fingerprint density at radius 2 is 2.06 bits per heavy atom. The number of carbonyl (C=O) groups excluding carboxylic acids is 1. The fraction of sp³-hybridized carbons (Fsp3) is 0.917. The van der Waals surface area contributed by atoms with E-state index in [-0.39, 0.29) is 5.91 Å². The lowest BCUT2D eigenvalue weighted by molar-refractivity contribution is -0.170. The van der Waals surface area contributed by atoms with Crippen LogP contribution in [0.1, 0.15) is 38.5 Å². The summed E-state index contributed by atoms with van der Waals surface area (Å²) in [6.07, 6.45) is 6.63. The van der Waals surface area contributed by atoms with Crippen LogP contribution in [-0.2, 0) is 9.63 Å². The number of hydrogen-bond acceptors (Lipinski definition) is 3. The van der Waals surface area contributed by atoms with Gasteiger partial charge in [0.25, 0.3) is 0 Å². The first-order valence-corrected chi connectivity index (χ1v) is 6.50. The summed E-state index contributed by atoms with van der Waals surface area (Å²) >= 11 is 0. The third-order valence-corrected chi connectivity index (χ3v) is 4.06. The first kappa shape index (κ1) is 10.5. The van der Waals surface area contributed by atoms with E-state index in [0.717, 1.165) is 13.0 Å². The molecule has 4 nitrogen and oxygen atoms in total. The van der Waals surface area contributed by atoms with Gasteiger partial charge >= 0.3 is 0 Å². The van der Waals surface area contributed by atoms with E-state index in [2.05, 4.69) is 5.32 Å². The highest BCUT2D eigenvalue weighted by Gasteiger charge is 2.35. The molecule has 4 heteroatoms. The number of rotatable bonds is 2. The molecule has 0 aromatic carbocycles. The van der Waals surface area contributed by atoms with Crippen LogP contribution in [0.4, 0.5) is 0 Å². The number of hydroxylamine groups is 2. The Kier molecular flexibility index (Phi) is 2.86. The number of amides is 1. The quantitative estimate of drug-likeness (QED) is 0.763. The normalized spacial score (nSPS) is 38.0. The predicted molar refractivity (Wildman–Crippen MR) is 59.6 cm³/mol. The van der Waals surface area contributed by atoms with Gasteiger partial charge in [0.05, 0.1) is 13.2 Å². The van der Waals surface area contributed by atoms with Crippen LogP contribution in [0.25, 0.3) is 0 Å². The summed E-state index contributed by atoms with van der Waals surface area (Å²) in [6, 6.07) is 1.35. The Labute approximate surface area is 96.3 Å². The van der Waals surface area contributed by atoms with Crippen LogP contribution in [0.3, 0.4) is 0 Å². The van der Waals surface area contributed by atoms with Crippen molar-refractivity contribution >= 4 is 5.91 Å². The van der Waals surface area contributed by atoms with E-state index in [1.54, 1.807) is 5.06 Å². The van der Waals surface area contributed by atoms with Gasteiger partial charge in [0.15, 0.2) is 0 Å². The smallest absolute Gasteiger partial charge is 0.246 e. The molecule has 0 saturated carbocycles. The Morgan fingerprint density at radius 3 is 2.69 bits per heavy atom. The zero-order chi connectivity index (χ0) is 11.0. The number of carbonyl (C=O) groups is 1. The Bertz CT molecular complexity index is 264. The van der Waals surface area contributed by atoms with Crippen molar-refractivity contribution in [3.8, 4) is 0 Å². The van der Waals surface area contributed by atoms with Crippen molar-refractivity contribution in [2.45, 2.75) is 50.6 Å². The second-order valence-electron chi connectivity index (χ2n) is 5.36. The fourth-order valence-electron chi connectivity index (χ4n) is 3.33. The maximum Gasteiger partial charge on any atom is 0.246 e. The minimum atomic E-state index is 0.198. The van der Waals surface area contributed by atoms with Crippen LogP contribution in [0.15, 0.2) is 0 Å². The summed E-state index contributed by atoms with van der Waals surface area (Å²) < 4.78 is 0. The van der Waals surface area contributed by atoms with E-state index in [1.165, 1.54) is 25.7 Å². The first-order valence-electron chi connectivity index (χ1n) is 6.50. The molecule has 0 aromatic rings. The standard InChI is InChI=1S/C12H20N2O2/c15-12(14-4-1-5-16-14)8-9-6-10-2-3-11(7-9)13-10/h9-11,13H,1-8H2. The van der Waals surface area contributed by atoms with E-state index < -0.39 is 0 Å². The summed E-state index contributed by atoms with van der Waals surface area (Å²) in [6.45, 7) is 1.50. The zero-order valence-electron chi connectivity index (χ0n) is 9.65. The second kappa shape index (κ2) is 4.34. The van der Waals surface area contributed by atoms with Gasteiger partial charge in [-0.2, -0.15) is 0 Å². The van der Waals surface area contributed by atoms with Crippen LogP contribution < -0.4 is 5.32 Å². The molecule has 0 aliphatic carbocycles. The molecule has 90 valence electrons. The summed E-state index contributed by atoms with van der Waals surface area (Å²) in [4.78, 5) is 17.2. The fourth-order valence-corrected chi connectivity index (χ4v) is 3.33. The first-order chi connectivity index (χ1) is 7.81. The molecule has 3 aliphatic heterocycles. The van der Waals surface area contributed by atoms with E-state index in [0.29, 0.717) is 31.0 Å². The summed E-state index contributed by atoms with van der Waals surface area (Å²) in [5, 5.41) is 5.18. The minimum absolute atomic E-state index is 0.198. The van der Waals surface area contributed by atoms with Gasteiger partial charge in [-0.05, 0) is 38.0 Å². The average Bonchev–Trinajstić information content (AvgIpc) is 2.88.